The standard InChI is InChI=1S/C11H11ClN2O4/c12-9-7(2-1-3-8(9)14(17)18)10(16)13-11(6-15)4-5-11/h1-3,15H,4-6H2,(H,13,16). The number of carbonyl (C=O) groups is 1. The van der Waals surface area contributed by atoms with E-state index in [-0.39, 0.29) is 22.9 Å². The Morgan fingerprint density at radius 2 is 2.22 bits per heavy atom. The van der Waals surface area contributed by atoms with Gasteiger partial charge in [-0.1, -0.05) is 17.7 Å². The largest absolute Gasteiger partial charge is 0.394 e. The van der Waals surface area contributed by atoms with Crippen LogP contribution in [0.2, 0.25) is 5.02 Å². The summed E-state index contributed by atoms with van der Waals surface area (Å²) in [6, 6.07) is 4.05. The van der Waals surface area contributed by atoms with E-state index in [2.05, 4.69) is 5.32 Å². The molecule has 1 aliphatic carbocycles. The smallest absolute Gasteiger partial charge is 0.288 e. The number of nitrogens with one attached hydrogen (secondary N) is 1. The van der Waals surface area contributed by atoms with E-state index in [0.29, 0.717) is 12.8 Å². The van der Waals surface area contributed by atoms with Crippen molar-refractivity contribution in [1.82, 2.24) is 5.32 Å². The molecule has 0 aromatic heterocycles. The maximum absolute atomic E-state index is 11.9. The van der Waals surface area contributed by atoms with Crippen LogP contribution in [0.1, 0.15) is 23.2 Å². The van der Waals surface area contributed by atoms with Gasteiger partial charge in [-0.15, -0.1) is 0 Å². The van der Waals surface area contributed by atoms with E-state index in [1.165, 1.54) is 18.2 Å². The minimum absolute atomic E-state index is 0.0468. The Balaban J connectivity index is 2.25. The van der Waals surface area contributed by atoms with Crippen molar-refractivity contribution in [1.29, 1.82) is 0 Å². The molecule has 0 bridgehead atoms. The summed E-state index contributed by atoms with van der Waals surface area (Å²) in [5, 5.41) is 22.3. The van der Waals surface area contributed by atoms with Gasteiger partial charge in [0.05, 0.1) is 22.6 Å². The van der Waals surface area contributed by atoms with Crippen LogP contribution >= 0.6 is 11.6 Å². The molecular formula is C11H11ClN2O4. The topological polar surface area (TPSA) is 92.5 Å². The van der Waals surface area contributed by atoms with Crippen LogP contribution in [0.3, 0.4) is 0 Å². The summed E-state index contributed by atoms with van der Waals surface area (Å²) in [6.45, 7) is -0.148. The molecule has 0 unspecified atom stereocenters. The van der Waals surface area contributed by atoms with Gasteiger partial charge in [-0.25, -0.2) is 0 Å². The molecule has 2 rings (SSSR count). The number of aliphatic hydroxyl groups excluding tert-OH is 1. The fourth-order valence-electron chi connectivity index (χ4n) is 1.62. The summed E-state index contributed by atoms with van der Waals surface area (Å²) in [6.07, 6.45) is 1.39. The van der Waals surface area contributed by atoms with E-state index < -0.39 is 16.4 Å². The van der Waals surface area contributed by atoms with Crippen LogP contribution in [0.4, 0.5) is 5.69 Å². The molecule has 0 saturated heterocycles. The van der Waals surface area contributed by atoms with Crippen molar-refractivity contribution in [2.24, 2.45) is 0 Å². The normalized spacial score (nSPS) is 16.1. The van der Waals surface area contributed by atoms with Crippen LogP contribution in [-0.4, -0.2) is 28.1 Å². The van der Waals surface area contributed by atoms with Crippen molar-refractivity contribution in [2.45, 2.75) is 18.4 Å². The molecular weight excluding hydrogens is 260 g/mol. The third-order valence-corrected chi connectivity index (χ3v) is 3.35. The summed E-state index contributed by atoms with van der Waals surface area (Å²) in [5.41, 5.74) is -0.839. The lowest BCUT2D eigenvalue weighted by atomic mass is 10.1. The molecule has 1 amide bonds. The average Bonchev–Trinajstić information content (AvgIpc) is 3.09. The third kappa shape index (κ3) is 2.30. The van der Waals surface area contributed by atoms with Gasteiger partial charge >= 0.3 is 0 Å². The van der Waals surface area contributed by atoms with Gasteiger partial charge in [0.15, 0.2) is 0 Å². The lowest BCUT2D eigenvalue weighted by Crippen LogP contribution is -2.39. The molecule has 96 valence electrons. The third-order valence-electron chi connectivity index (χ3n) is 2.95. The van der Waals surface area contributed by atoms with E-state index >= 15 is 0 Å². The fourth-order valence-corrected chi connectivity index (χ4v) is 1.90. The number of benzene rings is 1. The molecule has 2 N–H and O–H groups in total. The Kier molecular flexibility index (Phi) is 3.23. The van der Waals surface area contributed by atoms with Crippen LogP contribution in [0, 0.1) is 10.1 Å². The molecule has 0 atom stereocenters. The molecule has 18 heavy (non-hydrogen) atoms. The fraction of sp³-hybridized carbons (Fsp3) is 0.364. The van der Waals surface area contributed by atoms with Gasteiger partial charge in [-0.05, 0) is 18.9 Å². The van der Waals surface area contributed by atoms with Gasteiger partial charge in [0.2, 0.25) is 0 Å². The second-order valence-electron chi connectivity index (χ2n) is 4.29. The zero-order chi connectivity index (χ0) is 13.3. The Bertz CT molecular complexity index is 514. The summed E-state index contributed by atoms with van der Waals surface area (Å²) in [5.74, 6) is -0.504. The van der Waals surface area contributed by atoms with Crippen molar-refractivity contribution >= 4 is 23.2 Å². The molecule has 1 aromatic carbocycles. The minimum Gasteiger partial charge on any atom is -0.394 e. The minimum atomic E-state index is -0.641. The van der Waals surface area contributed by atoms with Crippen molar-refractivity contribution in [3.05, 3.63) is 38.9 Å². The average molecular weight is 271 g/mol. The van der Waals surface area contributed by atoms with Crippen LogP contribution in [0.5, 0.6) is 0 Å². The number of hydrogen-bond donors (Lipinski definition) is 2. The summed E-state index contributed by atoms with van der Waals surface area (Å²) in [4.78, 5) is 22.0. The van der Waals surface area contributed by atoms with Crippen molar-refractivity contribution < 1.29 is 14.8 Å². The number of hydrogen-bond acceptors (Lipinski definition) is 4. The molecule has 1 saturated carbocycles. The van der Waals surface area contributed by atoms with Gasteiger partial charge in [-0.3, -0.25) is 14.9 Å². The molecule has 6 nitrogen and oxygen atoms in total. The van der Waals surface area contributed by atoms with Gasteiger partial charge in [0.1, 0.15) is 5.02 Å². The summed E-state index contributed by atoms with van der Waals surface area (Å²) >= 11 is 5.83. The number of carbonyl (C=O) groups excluding carboxylic acids is 1. The first kappa shape index (κ1) is 12.8. The number of halogens is 1. The van der Waals surface area contributed by atoms with E-state index in [9.17, 15) is 14.9 Å². The van der Waals surface area contributed by atoms with Crippen LogP contribution < -0.4 is 5.32 Å². The number of nitro benzene ring substituents is 1. The molecule has 7 heteroatoms. The number of amides is 1. The Labute approximate surface area is 108 Å². The molecule has 1 fully saturated rings. The molecule has 0 spiro atoms. The number of nitrogens with zero attached hydrogens (tertiary/aromatic N) is 1. The van der Waals surface area contributed by atoms with Crippen molar-refractivity contribution in [2.75, 3.05) is 6.61 Å². The summed E-state index contributed by atoms with van der Waals surface area (Å²) < 4.78 is 0. The second-order valence-corrected chi connectivity index (χ2v) is 4.67. The van der Waals surface area contributed by atoms with Gasteiger partial charge in [-0.2, -0.15) is 0 Å². The van der Waals surface area contributed by atoms with Gasteiger partial charge in [0, 0.05) is 6.07 Å². The Morgan fingerprint density at radius 3 is 2.72 bits per heavy atom. The first-order valence-electron chi connectivity index (χ1n) is 5.35. The van der Waals surface area contributed by atoms with Crippen molar-refractivity contribution in [3.63, 3.8) is 0 Å². The van der Waals surface area contributed by atoms with Gasteiger partial charge in [0.25, 0.3) is 11.6 Å². The zero-order valence-electron chi connectivity index (χ0n) is 9.35. The van der Waals surface area contributed by atoms with Crippen LogP contribution in [0.15, 0.2) is 18.2 Å². The number of rotatable bonds is 4. The maximum atomic E-state index is 11.9. The zero-order valence-corrected chi connectivity index (χ0v) is 10.1. The van der Waals surface area contributed by atoms with E-state index in [1.54, 1.807) is 0 Å². The number of nitro groups is 1. The Morgan fingerprint density at radius 1 is 1.56 bits per heavy atom. The highest BCUT2D eigenvalue weighted by Gasteiger charge is 2.43. The molecule has 0 heterocycles. The molecule has 1 aliphatic rings. The number of aliphatic hydroxyl groups is 1. The SMILES string of the molecule is O=C(NC1(CO)CC1)c1cccc([N+](=O)[O-])c1Cl. The summed E-state index contributed by atoms with van der Waals surface area (Å²) in [7, 11) is 0. The highest BCUT2D eigenvalue weighted by Crippen LogP contribution is 2.35. The van der Waals surface area contributed by atoms with E-state index in [0.717, 1.165) is 0 Å². The monoisotopic (exact) mass is 270 g/mol. The van der Waals surface area contributed by atoms with Crippen LogP contribution in [0.25, 0.3) is 0 Å². The lowest BCUT2D eigenvalue weighted by Gasteiger charge is -2.14. The van der Waals surface area contributed by atoms with Crippen LogP contribution in [-0.2, 0) is 0 Å². The Hall–Kier alpha value is -1.66. The van der Waals surface area contributed by atoms with E-state index in [1.807, 2.05) is 0 Å². The predicted octanol–water partition coefficient (Wildman–Crippen LogP) is 1.50. The first-order chi connectivity index (χ1) is 8.49. The predicted molar refractivity (Wildman–Crippen MR) is 64.6 cm³/mol. The highest BCUT2D eigenvalue weighted by atomic mass is 35.5. The molecule has 1 aromatic rings. The van der Waals surface area contributed by atoms with E-state index in [4.69, 9.17) is 16.7 Å². The lowest BCUT2D eigenvalue weighted by molar-refractivity contribution is -0.384. The molecule has 0 radical (unpaired) electrons. The quantitative estimate of drug-likeness (QED) is 0.640. The van der Waals surface area contributed by atoms with Gasteiger partial charge < -0.3 is 10.4 Å². The molecule has 0 aliphatic heterocycles. The highest BCUT2D eigenvalue weighted by molar-refractivity contribution is 6.35. The first-order valence-corrected chi connectivity index (χ1v) is 5.73. The second kappa shape index (κ2) is 4.55. The van der Waals surface area contributed by atoms with Crippen molar-refractivity contribution in [3.8, 4) is 0 Å². The maximum Gasteiger partial charge on any atom is 0.288 e.